The molecule has 0 atom stereocenters. The number of nitrogens with zero attached hydrogens (tertiary/aromatic N) is 3. The van der Waals surface area contributed by atoms with Crippen molar-refractivity contribution in [3.8, 4) is 0 Å². The van der Waals surface area contributed by atoms with Crippen LogP contribution in [0.2, 0.25) is 0 Å². The first kappa shape index (κ1) is 9.72. The number of benzene rings is 1. The fraction of sp³-hybridized carbons (Fsp3) is 0. The summed E-state index contributed by atoms with van der Waals surface area (Å²) >= 11 is 0. The van der Waals surface area contributed by atoms with Crippen molar-refractivity contribution in [2.75, 3.05) is 0 Å². The van der Waals surface area contributed by atoms with Crippen LogP contribution < -0.4 is 0 Å². The number of carbonyl (C=O) groups excluding carboxylic acids is 1. The molecule has 0 unspecified atom stereocenters. The molecule has 0 aliphatic carbocycles. The summed E-state index contributed by atoms with van der Waals surface area (Å²) in [6, 6.07) is 10.9. The van der Waals surface area contributed by atoms with E-state index in [1.807, 2.05) is 24.4 Å². The normalized spacial score (nSPS) is 10.6. The molecule has 0 saturated carbocycles. The molecule has 2 aromatic heterocycles. The lowest BCUT2D eigenvalue weighted by atomic mass is 10.1. The Kier molecular flexibility index (Phi) is 2.19. The quantitative estimate of drug-likeness (QED) is 0.624. The second-order valence-electron chi connectivity index (χ2n) is 3.65. The van der Waals surface area contributed by atoms with E-state index in [0.29, 0.717) is 17.0 Å². The van der Waals surface area contributed by atoms with Gasteiger partial charge >= 0.3 is 0 Å². The van der Waals surface area contributed by atoms with E-state index < -0.39 is 0 Å². The highest BCUT2D eigenvalue weighted by atomic mass is 16.1. The van der Waals surface area contributed by atoms with Crippen LogP contribution in [-0.2, 0) is 0 Å². The molecule has 0 N–H and O–H groups in total. The first-order chi connectivity index (χ1) is 8.34. The lowest BCUT2D eigenvalue weighted by Crippen LogP contribution is -2.00. The van der Waals surface area contributed by atoms with Gasteiger partial charge in [-0.25, -0.2) is 9.97 Å². The summed E-state index contributed by atoms with van der Waals surface area (Å²) in [4.78, 5) is 20.4. The molecule has 1 aromatic carbocycles. The highest BCUT2D eigenvalue weighted by Crippen LogP contribution is 2.09. The number of ketones is 1. The molecule has 3 rings (SSSR count). The average Bonchev–Trinajstić information content (AvgIpc) is 2.82. The first-order valence-electron chi connectivity index (χ1n) is 5.24. The summed E-state index contributed by atoms with van der Waals surface area (Å²) in [6.45, 7) is 0. The van der Waals surface area contributed by atoms with E-state index in [-0.39, 0.29) is 5.78 Å². The summed E-state index contributed by atoms with van der Waals surface area (Å²) in [5.41, 5.74) is 1.05. The molecule has 4 heteroatoms. The maximum atomic E-state index is 12.1. The summed E-state index contributed by atoms with van der Waals surface area (Å²) < 4.78 is 1.73. The molecule has 17 heavy (non-hydrogen) atoms. The number of fused-ring (bicyclic) bond motifs is 1. The molecule has 3 aromatic rings. The Morgan fingerprint density at radius 1 is 1.12 bits per heavy atom. The van der Waals surface area contributed by atoms with E-state index in [1.165, 1.54) is 0 Å². The van der Waals surface area contributed by atoms with Crippen molar-refractivity contribution in [3.05, 3.63) is 66.2 Å². The smallest absolute Gasteiger partial charge is 0.234 e. The van der Waals surface area contributed by atoms with Crippen LogP contribution in [0.5, 0.6) is 0 Å². The number of imidazole rings is 1. The van der Waals surface area contributed by atoms with Crippen LogP contribution >= 0.6 is 0 Å². The van der Waals surface area contributed by atoms with Gasteiger partial charge < -0.3 is 0 Å². The van der Waals surface area contributed by atoms with Gasteiger partial charge in [-0.15, -0.1) is 0 Å². The van der Waals surface area contributed by atoms with Gasteiger partial charge in [0, 0.05) is 24.2 Å². The highest BCUT2D eigenvalue weighted by molar-refractivity contribution is 6.07. The van der Waals surface area contributed by atoms with E-state index in [2.05, 4.69) is 9.97 Å². The second-order valence-corrected chi connectivity index (χ2v) is 3.65. The van der Waals surface area contributed by atoms with Gasteiger partial charge in [-0.1, -0.05) is 30.3 Å². The Hall–Kier alpha value is -2.49. The number of hydrogen-bond acceptors (Lipinski definition) is 3. The van der Waals surface area contributed by atoms with Gasteiger partial charge in [0.15, 0.2) is 0 Å². The predicted molar refractivity (Wildman–Crippen MR) is 62.9 cm³/mol. The third-order valence-electron chi connectivity index (χ3n) is 2.50. The van der Waals surface area contributed by atoms with Crippen molar-refractivity contribution in [2.45, 2.75) is 0 Å². The maximum absolute atomic E-state index is 12.1. The minimum Gasteiger partial charge on any atom is -0.290 e. The molecule has 4 nitrogen and oxygen atoms in total. The minimum absolute atomic E-state index is 0.0869. The highest BCUT2D eigenvalue weighted by Gasteiger charge is 2.12. The summed E-state index contributed by atoms with van der Waals surface area (Å²) in [5.74, 6) is 0.447. The second kappa shape index (κ2) is 3.83. The molecule has 0 aliphatic heterocycles. The molecular weight excluding hydrogens is 214 g/mol. The van der Waals surface area contributed by atoms with Crippen LogP contribution in [0, 0.1) is 0 Å². The van der Waals surface area contributed by atoms with Crippen LogP contribution in [0.4, 0.5) is 0 Å². The van der Waals surface area contributed by atoms with Gasteiger partial charge in [-0.05, 0) is 6.07 Å². The number of rotatable bonds is 2. The Balaban J connectivity index is 2.07. The van der Waals surface area contributed by atoms with Crippen molar-refractivity contribution in [3.63, 3.8) is 0 Å². The van der Waals surface area contributed by atoms with E-state index in [4.69, 9.17) is 0 Å². The zero-order valence-corrected chi connectivity index (χ0v) is 8.95. The lowest BCUT2D eigenvalue weighted by Gasteiger charge is -1.94. The number of hydrogen-bond donors (Lipinski definition) is 0. The first-order valence-corrected chi connectivity index (χ1v) is 5.24. The van der Waals surface area contributed by atoms with Crippen LogP contribution in [0.3, 0.4) is 0 Å². The van der Waals surface area contributed by atoms with Crippen molar-refractivity contribution in [1.29, 1.82) is 0 Å². The molecule has 0 bridgehead atoms. The van der Waals surface area contributed by atoms with E-state index in [9.17, 15) is 4.79 Å². The van der Waals surface area contributed by atoms with Gasteiger partial charge in [0.25, 0.3) is 0 Å². The van der Waals surface area contributed by atoms with Gasteiger partial charge in [0.1, 0.15) is 5.69 Å². The van der Waals surface area contributed by atoms with Gasteiger partial charge in [0.05, 0.1) is 0 Å². The Bertz CT molecular complexity index is 640. The monoisotopic (exact) mass is 223 g/mol. The molecule has 0 radical (unpaired) electrons. The summed E-state index contributed by atoms with van der Waals surface area (Å²) in [6.07, 6.45) is 5.16. The fourth-order valence-corrected chi connectivity index (χ4v) is 1.68. The van der Waals surface area contributed by atoms with Gasteiger partial charge in [-0.2, -0.15) is 0 Å². The van der Waals surface area contributed by atoms with Crippen molar-refractivity contribution in [1.82, 2.24) is 14.4 Å². The average molecular weight is 223 g/mol. The van der Waals surface area contributed by atoms with E-state index in [1.54, 1.807) is 35.0 Å². The summed E-state index contributed by atoms with van der Waals surface area (Å²) in [7, 11) is 0. The SMILES string of the molecule is O=C(c1ccccc1)c1cn2cccnc2n1. The van der Waals surface area contributed by atoms with Crippen molar-refractivity contribution >= 4 is 11.6 Å². The van der Waals surface area contributed by atoms with E-state index >= 15 is 0 Å². The molecule has 82 valence electrons. The van der Waals surface area contributed by atoms with Gasteiger partial charge in [-0.3, -0.25) is 9.20 Å². The molecule has 2 heterocycles. The standard InChI is InChI=1S/C13H9N3O/c17-12(10-5-2-1-3-6-10)11-9-16-8-4-7-14-13(16)15-11/h1-9H. The molecule has 0 amide bonds. The van der Waals surface area contributed by atoms with E-state index in [0.717, 1.165) is 0 Å². The molecular formula is C13H9N3O. The number of carbonyl (C=O) groups is 1. The Morgan fingerprint density at radius 2 is 1.94 bits per heavy atom. The molecule has 0 aliphatic rings. The van der Waals surface area contributed by atoms with Crippen LogP contribution in [-0.4, -0.2) is 20.2 Å². The summed E-state index contributed by atoms with van der Waals surface area (Å²) in [5, 5.41) is 0. The minimum atomic E-state index is -0.0869. The largest absolute Gasteiger partial charge is 0.290 e. The fourth-order valence-electron chi connectivity index (χ4n) is 1.68. The van der Waals surface area contributed by atoms with Crippen molar-refractivity contribution < 1.29 is 4.79 Å². The predicted octanol–water partition coefficient (Wildman–Crippen LogP) is 1.96. The maximum Gasteiger partial charge on any atom is 0.234 e. The van der Waals surface area contributed by atoms with Crippen LogP contribution in [0.25, 0.3) is 5.78 Å². The third-order valence-corrected chi connectivity index (χ3v) is 2.50. The molecule has 0 spiro atoms. The topological polar surface area (TPSA) is 47.3 Å². The molecule has 0 saturated heterocycles. The molecule has 0 fully saturated rings. The zero-order valence-electron chi connectivity index (χ0n) is 8.95. The lowest BCUT2D eigenvalue weighted by molar-refractivity contribution is 0.103. The third kappa shape index (κ3) is 1.69. The zero-order chi connectivity index (χ0) is 11.7. The van der Waals surface area contributed by atoms with Crippen LogP contribution in [0.15, 0.2) is 55.0 Å². The van der Waals surface area contributed by atoms with Gasteiger partial charge in [0.2, 0.25) is 11.6 Å². The Labute approximate surface area is 97.6 Å². The Morgan fingerprint density at radius 3 is 2.71 bits per heavy atom. The number of aromatic nitrogens is 3. The van der Waals surface area contributed by atoms with Crippen LogP contribution in [0.1, 0.15) is 16.1 Å². The van der Waals surface area contributed by atoms with Crippen molar-refractivity contribution in [2.24, 2.45) is 0 Å².